The van der Waals surface area contributed by atoms with Gasteiger partial charge in [-0.2, -0.15) is 0 Å². The van der Waals surface area contributed by atoms with Crippen LogP contribution in [0, 0.1) is 6.92 Å². The van der Waals surface area contributed by atoms with Crippen molar-refractivity contribution in [1.82, 2.24) is 4.98 Å². The van der Waals surface area contributed by atoms with Gasteiger partial charge in [0.15, 0.2) is 0 Å². The number of hydrogen-bond donors (Lipinski definition) is 1. The van der Waals surface area contributed by atoms with E-state index in [1.165, 1.54) is 0 Å². The van der Waals surface area contributed by atoms with Crippen LogP contribution in [-0.2, 0) is 0 Å². The lowest BCUT2D eigenvalue weighted by atomic mass is 10.1. The van der Waals surface area contributed by atoms with E-state index in [4.69, 9.17) is 5.73 Å². The maximum Gasteiger partial charge on any atom is 0.257 e. The number of rotatable bonds is 2. The van der Waals surface area contributed by atoms with E-state index in [2.05, 4.69) is 4.98 Å². The van der Waals surface area contributed by atoms with Crippen LogP contribution < -0.4 is 5.73 Å². The van der Waals surface area contributed by atoms with Gasteiger partial charge in [-0.3, -0.25) is 4.98 Å². The SMILES string of the molecule is Cc1ncccc1C(N)C(F)F. The summed E-state index contributed by atoms with van der Waals surface area (Å²) in [5.74, 6) is 0. The van der Waals surface area contributed by atoms with Crippen LogP contribution in [0.3, 0.4) is 0 Å². The van der Waals surface area contributed by atoms with Gasteiger partial charge in [0.1, 0.15) is 0 Å². The summed E-state index contributed by atoms with van der Waals surface area (Å²) in [6, 6.07) is 1.95. The standard InChI is InChI=1S/C8H10F2N2/c1-5-6(3-2-4-12-5)7(11)8(9)10/h2-4,7-8H,11H2,1H3. The number of alkyl halides is 2. The van der Waals surface area contributed by atoms with Crippen LogP contribution in [0.25, 0.3) is 0 Å². The van der Waals surface area contributed by atoms with Gasteiger partial charge in [0.25, 0.3) is 6.43 Å². The summed E-state index contributed by atoms with van der Waals surface area (Å²) in [6.45, 7) is 1.66. The number of nitrogens with two attached hydrogens (primary N) is 1. The van der Waals surface area contributed by atoms with E-state index in [0.717, 1.165) is 0 Å². The number of halogens is 2. The third-order valence-corrected chi connectivity index (χ3v) is 1.68. The Labute approximate surface area is 69.4 Å². The Morgan fingerprint density at radius 1 is 1.50 bits per heavy atom. The summed E-state index contributed by atoms with van der Waals surface area (Å²) in [4.78, 5) is 3.87. The summed E-state index contributed by atoms with van der Waals surface area (Å²) in [7, 11) is 0. The van der Waals surface area contributed by atoms with Gasteiger partial charge in [0, 0.05) is 11.9 Å². The summed E-state index contributed by atoms with van der Waals surface area (Å²) in [5, 5.41) is 0. The van der Waals surface area contributed by atoms with Gasteiger partial charge in [-0.15, -0.1) is 0 Å². The Morgan fingerprint density at radius 3 is 2.67 bits per heavy atom. The van der Waals surface area contributed by atoms with Crippen molar-refractivity contribution in [2.24, 2.45) is 5.73 Å². The van der Waals surface area contributed by atoms with E-state index in [0.29, 0.717) is 11.3 Å². The highest BCUT2D eigenvalue weighted by Gasteiger charge is 2.18. The maximum absolute atomic E-state index is 12.1. The molecule has 0 aliphatic heterocycles. The third-order valence-electron chi connectivity index (χ3n) is 1.68. The predicted molar refractivity (Wildman–Crippen MR) is 41.9 cm³/mol. The average molecular weight is 172 g/mol. The molecular weight excluding hydrogens is 162 g/mol. The van der Waals surface area contributed by atoms with Crippen molar-refractivity contribution in [3.8, 4) is 0 Å². The molecule has 2 N–H and O–H groups in total. The number of nitrogens with zero attached hydrogens (tertiary/aromatic N) is 1. The van der Waals surface area contributed by atoms with Gasteiger partial charge in [-0.25, -0.2) is 8.78 Å². The predicted octanol–water partition coefficient (Wildman–Crippen LogP) is 1.65. The molecule has 0 bridgehead atoms. The van der Waals surface area contributed by atoms with Gasteiger partial charge in [0.2, 0.25) is 0 Å². The van der Waals surface area contributed by atoms with Gasteiger partial charge >= 0.3 is 0 Å². The van der Waals surface area contributed by atoms with Crippen molar-refractivity contribution >= 4 is 0 Å². The van der Waals surface area contributed by atoms with Gasteiger partial charge < -0.3 is 5.73 Å². The second-order valence-corrected chi connectivity index (χ2v) is 2.54. The fraction of sp³-hybridized carbons (Fsp3) is 0.375. The molecule has 0 aromatic carbocycles. The van der Waals surface area contributed by atoms with Crippen LogP contribution >= 0.6 is 0 Å². The minimum Gasteiger partial charge on any atom is -0.319 e. The van der Waals surface area contributed by atoms with Crippen molar-refractivity contribution in [3.05, 3.63) is 29.6 Å². The Morgan fingerprint density at radius 2 is 2.17 bits per heavy atom. The molecule has 12 heavy (non-hydrogen) atoms. The Hall–Kier alpha value is -1.03. The lowest BCUT2D eigenvalue weighted by Gasteiger charge is -2.11. The molecule has 1 rings (SSSR count). The van der Waals surface area contributed by atoms with Crippen molar-refractivity contribution in [3.63, 3.8) is 0 Å². The van der Waals surface area contributed by atoms with E-state index in [-0.39, 0.29) is 0 Å². The van der Waals surface area contributed by atoms with Crippen LogP contribution in [0.5, 0.6) is 0 Å². The first kappa shape index (κ1) is 9.06. The lowest BCUT2D eigenvalue weighted by Crippen LogP contribution is -2.20. The Bertz CT molecular complexity index is 263. The highest BCUT2D eigenvalue weighted by atomic mass is 19.3. The number of aryl methyl sites for hydroxylation is 1. The first-order chi connectivity index (χ1) is 5.63. The van der Waals surface area contributed by atoms with Crippen molar-refractivity contribution in [2.45, 2.75) is 19.4 Å². The van der Waals surface area contributed by atoms with Gasteiger partial charge in [0.05, 0.1) is 6.04 Å². The zero-order chi connectivity index (χ0) is 9.14. The molecule has 0 saturated heterocycles. The summed E-state index contributed by atoms with van der Waals surface area (Å²) in [6.07, 6.45) is -0.982. The van der Waals surface area contributed by atoms with Crippen LogP contribution in [-0.4, -0.2) is 11.4 Å². The van der Waals surface area contributed by atoms with Crippen LogP contribution in [0.1, 0.15) is 17.3 Å². The fourth-order valence-electron chi connectivity index (χ4n) is 0.985. The van der Waals surface area contributed by atoms with Gasteiger partial charge in [-0.1, -0.05) is 6.07 Å². The highest BCUT2D eigenvalue weighted by molar-refractivity contribution is 5.22. The molecule has 1 heterocycles. The molecule has 1 atom stereocenters. The van der Waals surface area contributed by atoms with Crippen LogP contribution in [0.4, 0.5) is 8.78 Å². The minimum absolute atomic E-state index is 0.410. The molecule has 1 aromatic heterocycles. The van der Waals surface area contributed by atoms with Crippen molar-refractivity contribution < 1.29 is 8.78 Å². The lowest BCUT2D eigenvalue weighted by molar-refractivity contribution is 0.116. The zero-order valence-electron chi connectivity index (χ0n) is 6.67. The molecule has 0 spiro atoms. The third kappa shape index (κ3) is 1.76. The maximum atomic E-state index is 12.1. The molecule has 0 saturated carbocycles. The average Bonchev–Trinajstić information content (AvgIpc) is 2.04. The molecule has 1 unspecified atom stereocenters. The Balaban J connectivity index is 2.94. The molecule has 0 amide bonds. The molecule has 0 fully saturated rings. The quantitative estimate of drug-likeness (QED) is 0.736. The number of pyridine rings is 1. The summed E-state index contributed by atoms with van der Waals surface area (Å²) in [5.41, 5.74) is 6.22. The van der Waals surface area contributed by atoms with Crippen molar-refractivity contribution in [2.75, 3.05) is 0 Å². The molecule has 1 aromatic rings. The molecule has 66 valence electrons. The van der Waals surface area contributed by atoms with E-state index in [9.17, 15) is 8.78 Å². The van der Waals surface area contributed by atoms with Crippen molar-refractivity contribution in [1.29, 1.82) is 0 Å². The van der Waals surface area contributed by atoms with E-state index < -0.39 is 12.5 Å². The van der Waals surface area contributed by atoms with E-state index >= 15 is 0 Å². The van der Waals surface area contributed by atoms with Crippen LogP contribution in [0.15, 0.2) is 18.3 Å². The van der Waals surface area contributed by atoms with E-state index in [1.54, 1.807) is 25.3 Å². The first-order valence-electron chi connectivity index (χ1n) is 3.58. The first-order valence-corrected chi connectivity index (χ1v) is 3.58. The Kier molecular flexibility index (Phi) is 2.70. The normalized spacial score (nSPS) is 13.4. The molecule has 2 nitrogen and oxygen atoms in total. The summed E-state index contributed by atoms with van der Waals surface area (Å²) < 4.78 is 24.3. The summed E-state index contributed by atoms with van der Waals surface area (Å²) >= 11 is 0. The zero-order valence-corrected chi connectivity index (χ0v) is 6.67. The van der Waals surface area contributed by atoms with E-state index in [1.807, 2.05) is 0 Å². The molecule has 0 aliphatic carbocycles. The number of hydrogen-bond acceptors (Lipinski definition) is 2. The smallest absolute Gasteiger partial charge is 0.257 e. The van der Waals surface area contributed by atoms with Crippen LogP contribution in [0.2, 0.25) is 0 Å². The minimum atomic E-state index is -2.53. The molecule has 0 radical (unpaired) electrons. The molecule has 4 heteroatoms. The monoisotopic (exact) mass is 172 g/mol. The fourth-order valence-corrected chi connectivity index (χ4v) is 0.985. The van der Waals surface area contributed by atoms with Gasteiger partial charge in [-0.05, 0) is 18.6 Å². The largest absolute Gasteiger partial charge is 0.319 e. The topological polar surface area (TPSA) is 38.9 Å². The number of aromatic nitrogens is 1. The highest BCUT2D eigenvalue weighted by Crippen LogP contribution is 2.19. The molecule has 0 aliphatic rings. The second-order valence-electron chi connectivity index (χ2n) is 2.54. The molecular formula is C8H10F2N2. The second kappa shape index (κ2) is 3.58.